The van der Waals surface area contributed by atoms with E-state index in [1.807, 2.05) is 24.4 Å². The molecule has 27 heavy (non-hydrogen) atoms. The Balaban J connectivity index is 1.70. The predicted octanol–water partition coefficient (Wildman–Crippen LogP) is 3.61. The molecule has 1 saturated heterocycles. The Morgan fingerprint density at radius 3 is 2.63 bits per heavy atom. The van der Waals surface area contributed by atoms with E-state index in [0.29, 0.717) is 13.0 Å². The van der Waals surface area contributed by atoms with E-state index in [0.717, 1.165) is 39.0 Å². The number of benzene rings is 1. The summed E-state index contributed by atoms with van der Waals surface area (Å²) in [6.07, 6.45) is 4.65. The smallest absolute Gasteiger partial charge is 0.224 e. The number of rotatable bonds is 7. The Morgan fingerprint density at radius 1 is 1.15 bits per heavy atom. The summed E-state index contributed by atoms with van der Waals surface area (Å²) in [4.78, 5) is 17.3. The third-order valence-corrected chi connectivity index (χ3v) is 5.57. The van der Waals surface area contributed by atoms with Gasteiger partial charge in [0.05, 0.1) is 6.20 Å². The monoisotopic (exact) mass is 368 g/mol. The van der Waals surface area contributed by atoms with Crippen LogP contribution in [0.2, 0.25) is 0 Å². The summed E-state index contributed by atoms with van der Waals surface area (Å²) in [6, 6.07) is 10.6. The Labute approximate surface area is 163 Å². The molecular weight excluding hydrogens is 336 g/mol. The molecule has 1 aliphatic heterocycles. The summed E-state index contributed by atoms with van der Waals surface area (Å²) in [6.45, 7) is 10.8. The zero-order valence-electron chi connectivity index (χ0n) is 16.9. The van der Waals surface area contributed by atoms with Crippen LogP contribution in [0, 0.1) is 6.92 Å². The maximum atomic E-state index is 12.8. The van der Waals surface area contributed by atoms with Crippen molar-refractivity contribution in [3.05, 3.63) is 53.3 Å². The second-order valence-electron chi connectivity index (χ2n) is 7.53. The third-order valence-electron chi connectivity index (χ3n) is 5.57. The summed E-state index contributed by atoms with van der Waals surface area (Å²) >= 11 is 0. The molecule has 0 unspecified atom stereocenters. The van der Waals surface area contributed by atoms with Gasteiger partial charge in [-0.15, -0.1) is 0 Å². The lowest BCUT2D eigenvalue weighted by Gasteiger charge is -2.31. The minimum absolute atomic E-state index is 0.256. The number of aryl methyl sites for hydroxylation is 1. The van der Waals surface area contributed by atoms with Gasteiger partial charge in [0.1, 0.15) is 0 Å². The summed E-state index contributed by atoms with van der Waals surface area (Å²) in [5.41, 5.74) is 3.73. The highest BCUT2D eigenvalue weighted by Gasteiger charge is 2.29. The second kappa shape index (κ2) is 9.18. The normalized spacial score (nSPS) is 18.7. The van der Waals surface area contributed by atoms with Crippen LogP contribution in [0.5, 0.6) is 0 Å². The van der Waals surface area contributed by atoms with Crippen molar-refractivity contribution in [2.24, 2.45) is 0 Å². The van der Waals surface area contributed by atoms with Crippen molar-refractivity contribution in [3.63, 3.8) is 0 Å². The molecule has 0 N–H and O–H groups in total. The number of hydrogen-bond donors (Lipinski definition) is 0. The largest absolute Gasteiger partial charge is 0.334 e. The highest BCUT2D eigenvalue weighted by Crippen LogP contribution is 2.20. The molecule has 0 saturated carbocycles. The van der Waals surface area contributed by atoms with Crippen molar-refractivity contribution in [1.82, 2.24) is 19.6 Å². The molecule has 1 atom stereocenters. The van der Waals surface area contributed by atoms with Crippen LogP contribution in [-0.4, -0.2) is 44.6 Å². The van der Waals surface area contributed by atoms with Gasteiger partial charge in [-0.05, 0) is 25.3 Å². The Hall–Kier alpha value is -2.14. The quantitative estimate of drug-likeness (QED) is 0.750. The van der Waals surface area contributed by atoms with E-state index in [2.05, 4.69) is 52.5 Å². The van der Waals surface area contributed by atoms with Crippen LogP contribution in [0.3, 0.4) is 0 Å². The van der Waals surface area contributed by atoms with E-state index in [-0.39, 0.29) is 11.9 Å². The van der Waals surface area contributed by atoms with E-state index < -0.39 is 0 Å². The fraction of sp³-hybridized carbons (Fsp3) is 0.545. The third kappa shape index (κ3) is 4.78. The average Bonchev–Trinajstić information content (AvgIpc) is 2.94. The SMILES string of the molecule is CCCn1ncc(CN2CCC(=O)N(Cc3ccccc3)[C@@H](CC)C2)c1C. The molecule has 1 fully saturated rings. The van der Waals surface area contributed by atoms with Crippen LogP contribution >= 0.6 is 0 Å². The van der Waals surface area contributed by atoms with Gasteiger partial charge < -0.3 is 4.90 Å². The first-order chi connectivity index (χ1) is 13.1. The van der Waals surface area contributed by atoms with E-state index in [4.69, 9.17) is 0 Å². The van der Waals surface area contributed by atoms with Gasteiger partial charge in [0.15, 0.2) is 0 Å². The zero-order valence-corrected chi connectivity index (χ0v) is 16.9. The van der Waals surface area contributed by atoms with Crippen molar-refractivity contribution in [1.29, 1.82) is 0 Å². The van der Waals surface area contributed by atoms with Crippen LogP contribution in [0.1, 0.15) is 49.9 Å². The molecule has 0 bridgehead atoms. The molecule has 0 radical (unpaired) electrons. The van der Waals surface area contributed by atoms with Gasteiger partial charge >= 0.3 is 0 Å². The Bertz CT molecular complexity index is 740. The lowest BCUT2D eigenvalue weighted by Crippen LogP contribution is -2.42. The zero-order chi connectivity index (χ0) is 19.2. The first kappa shape index (κ1) is 19.6. The second-order valence-corrected chi connectivity index (χ2v) is 7.53. The molecule has 2 heterocycles. The summed E-state index contributed by atoms with van der Waals surface area (Å²) in [7, 11) is 0. The molecule has 1 aromatic carbocycles. The summed E-state index contributed by atoms with van der Waals surface area (Å²) in [5.74, 6) is 0.270. The van der Waals surface area contributed by atoms with E-state index in [1.165, 1.54) is 16.8 Å². The standard InChI is InChI=1S/C22H32N4O/c1-4-12-26-18(3)20(14-23-26)16-24-13-11-22(27)25(21(5-2)17-24)15-19-9-7-6-8-10-19/h6-10,14,21H,4-5,11-13,15-17H2,1-3H3/t21-/m0/s1. The van der Waals surface area contributed by atoms with E-state index in [1.54, 1.807) is 0 Å². The van der Waals surface area contributed by atoms with Crippen LogP contribution < -0.4 is 0 Å². The molecule has 3 rings (SSSR count). The molecular formula is C22H32N4O. The van der Waals surface area contributed by atoms with Crippen LogP contribution in [0.15, 0.2) is 36.5 Å². The van der Waals surface area contributed by atoms with Crippen molar-refractivity contribution >= 4 is 5.91 Å². The average molecular weight is 369 g/mol. The van der Waals surface area contributed by atoms with E-state index in [9.17, 15) is 4.79 Å². The lowest BCUT2D eigenvalue weighted by atomic mass is 10.1. The van der Waals surface area contributed by atoms with Gasteiger partial charge in [-0.1, -0.05) is 44.2 Å². The van der Waals surface area contributed by atoms with Crippen molar-refractivity contribution in [2.45, 2.75) is 65.7 Å². The first-order valence-corrected chi connectivity index (χ1v) is 10.2. The van der Waals surface area contributed by atoms with Crippen molar-refractivity contribution in [3.8, 4) is 0 Å². The fourth-order valence-electron chi connectivity index (χ4n) is 3.90. The van der Waals surface area contributed by atoms with Crippen LogP contribution in [-0.2, 0) is 24.4 Å². The molecule has 5 heteroatoms. The van der Waals surface area contributed by atoms with Gasteiger partial charge in [0.25, 0.3) is 0 Å². The van der Waals surface area contributed by atoms with Gasteiger partial charge in [-0.3, -0.25) is 14.4 Å². The molecule has 2 aromatic rings. The van der Waals surface area contributed by atoms with Crippen molar-refractivity contribution < 1.29 is 4.79 Å². The van der Waals surface area contributed by atoms with Gasteiger partial charge in [-0.25, -0.2) is 0 Å². The van der Waals surface area contributed by atoms with Crippen molar-refractivity contribution in [2.75, 3.05) is 13.1 Å². The van der Waals surface area contributed by atoms with Crippen LogP contribution in [0.4, 0.5) is 0 Å². The highest BCUT2D eigenvalue weighted by atomic mass is 16.2. The maximum absolute atomic E-state index is 12.8. The molecule has 0 aliphatic carbocycles. The minimum atomic E-state index is 0.256. The molecule has 1 amide bonds. The molecule has 1 aromatic heterocycles. The maximum Gasteiger partial charge on any atom is 0.224 e. The Kier molecular flexibility index (Phi) is 6.67. The van der Waals surface area contributed by atoms with Gasteiger partial charge in [0.2, 0.25) is 5.91 Å². The van der Waals surface area contributed by atoms with Gasteiger partial charge in [0, 0.05) is 56.4 Å². The highest BCUT2D eigenvalue weighted by molar-refractivity contribution is 5.77. The molecule has 0 spiro atoms. The summed E-state index contributed by atoms with van der Waals surface area (Å²) < 4.78 is 2.09. The fourth-order valence-corrected chi connectivity index (χ4v) is 3.90. The Morgan fingerprint density at radius 2 is 1.93 bits per heavy atom. The summed E-state index contributed by atoms with van der Waals surface area (Å²) in [5, 5.41) is 4.53. The minimum Gasteiger partial charge on any atom is -0.334 e. The van der Waals surface area contributed by atoms with E-state index >= 15 is 0 Å². The van der Waals surface area contributed by atoms with Gasteiger partial charge in [-0.2, -0.15) is 5.10 Å². The number of carbonyl (C=O) groups is 1. The molecule has 146 valence electrons. The number of amides is 1. The number of aromatic nitrogens is 2. The first-order valence-electron chi connectivity index (χ1n) is 10.2. The number of nitrogens with zero attached hydrogens (tertiary/aromatic N) is 4. The predicted molar refractivity (Wildman–Crippen MR) is 108 cm³/mol. The number of hydrogen-bond acceptors (Lipinski definition) is 3. The number of carbonyl (C=O) groups excluding carboxylic acids is 1. The topological polar surface area (TPSA) is 41.4 Å². The molecule has 1 aliphatic rings. The lowest BCUT2D eigenvalue weighted by molar-refractivity contribution is -0.133. The van der Waals surface area contributed by atoms with Crippen LogP contribution in [0.25, 0.3) is 0 Å². The molecule has 5 nitrogen and oxygen atoms in total.